The lowest BCUT2D eigenvalue weighted by molar-refractivity contribution is -0.141. The van der Waals surface area contributed by atoms with Gasteiger partial charge in [0.1, 0.15) is 17.9 Å². The molecular formula is C32H24F5N3O5. The molecule has 0 saturated heterocycles. The Morgan fingerprint density at radius 2 is 1.67 bits per heavy atom. The van der Waals surface area contributed by atoms with Crippen LogP contribution in [0.1, 0.15) is 21.6 Å². The molecule has 3 heterocycles. The predicted octanol–water partition coefficient (Wildman–Crippen LogP) is 6.84. The van der Waals surface area contributed by atoms with E-state index in [1.807, 2.05) is 0 Å². The van der Waals surface area contributed by atoms with Gasteiger partial charge in [-0.2, -0.15) is 13.2 Å². The number of pyridine rings is 3. The number of benzene rings is 2. The van der Waals surface area contributed by atoms with Gasteiger partial charge >= 0.3 is 6.18 Å². The Morgan fingerprint density at radius 1 is 0.933 bits per heavy atom. The molecule has 0 saturated carbocycles. The third-order valence-electron chi connectivity index (χ3n) is 6.93. The summed E-state index contributed by atoms with van der Waals surface area (Å²) in [6.07, 6.45) is -2.73. The molecule has 0 bridgehead atoms. The molecule has 0 radical (unpaired) electrons. The van der Waals surface area contributed by atoms with E-state index in [1.165, 1.54) is 57.7 Å². The number of carbonyl (C=O) groups excluding carboxylic acids is 1. The number of ether oxygens (including phenoxy) is 3. The number of hydrogen-bond acceptors (Lipinski definition) is 7. The van der Waals surface area contributed by atoms with Gasteiger partial charge in [-0.1, -0.05) is 18.2 Å². The molecule has 0 fully saturated rings. The summed E-state index contributed by atoms with van der Waals surface area (Å²) >= 11 is 0. The molecule has 0 aliphatic rings. The first kappa shape index (κ1) is 31.1. The quantitative estimate of drug-likeness (QED) is 0.131. The molecule has 0 aliphatic heterocycles. The van der Waals surface area contributed by atoms with Crippen LogP contribution in [0.2, 0.25) is 0 Å². The number of rotatable bonds is 9. The van der Waals surface area contributed by atoms with Crippen molar-refractivity contribution in [2.24, 2.45) is 0 Å². The number of halogens is 5. The summed E-state index contributed by atoms with van der Waals surface area (Å²) in [7, 11) is 2.84. The molecule has 0 unspecified atom stereocenters. The molecule has 5 aromatic rings. The van der Waals surface area contributed by atoms with Gasteiger partial charge < -0.3 is 18.8 Å². The van der Waals surface area contributed by atoms with Gasteiger partial charge in [-0.05, 0) is 42.3 Å². The third-order valence-corrected chi connectivity index (χ3v) is 6.93. The number of Topliss-reactive ketones (excluding diaryl/α,β-unsaturated/α-hetero) is 1. The largest absolute Gasteiger partial charge is 0.491 e. The van der Waals surface area contributed by atoms with Crippen molar-refractivity contribution in [3.8, 4) is 34.3 Å². The summed E-state index contributed by atoms with van der Waals surface area (Å²) in [6.45, 7) is -0.241. The van der Waals surface area contributed by atoms with E-state index < -0.39 is 47.6 Å². The molecule has 232 valence electrons. The molecule has 0 amide bonds. The number of nitrogens with zero attached hydrogens (tertiary/aromatic N) is 3. The van der Waals surface area contributed by atoms with Crippen molar-refractivity contribution in [3.05, 3.63) is 106 Å². The van der Waals surface area contributed by atoms with Gasteiger partial charge in [0.25, 0.3) is 5.88 Å². The van der Waals surface area contributed by atoms with E-state index in [9.17, 15) is 27.2 Å². The molecule has 0 spiro atoms. The Kier molecular flexibility index (Phi) is 8.53. The Hall–Kier alpha value is -5.33. The van der Waals surface area contributed by atoms with Crippen LogP contribution >= 0.6 is 0 Å². The number of methoxy groups -OCH3 is 2. The second-order valence-corrected chi connectivity index (χ2v) is 9.93. The monoisotopic (exact) mass is 625 g/mol. The average molecular weight is 626 g/mol. The molecule has 5 rings (SSSR count). The second-order valence-electron chi connectivity index (χ2n) is 9.93. The smallest absolute Gasteiger partial charge is 0.406 e. The van der Waals surface area contributed by atoms with Gasteiger partial charge in [-0.15, -0.1) is 0 Å². The van der Waals surface area contributed by atoms with Crippen LogP contribution in [0.25, 0.3) is 22.2 Å². The number of ketones is 1. The number of hydrogen-bond donors (Lipinski definition) is 0. The normalized spacial score (nSPS) is 11.5. The lowest BCUT2D eigenvalue weighted by Gasteiger charge is -2.18. The van der Waals surface area contributed by atoms with Crippen LogP contribution in [0.15, 0.2) is 71.8 Å². The SMILES string of the molecule is COc1cc2nccc(Oc3ccc(CC(=O)c4c(C)n(CC(F)(F)F)cc(-c5ccc(F)cc5)c4=O)cc3F)c2nc1OC. The Labute approximate surface area is 252 Å². The topological polar surface area (TPSA) is 92.5 Å². The van der Waals surface area contributed by atoms with Gasteiger partial charge in [0.2, 0.25) is 0 Å². The fourth-order valence-corrected chi connectivity index (χ4v) is 4.79. The predicted molar refractivity (Wildman–Crippen MR) is 154 cm³/mol. The van der Waals surface area contributed by atoms with Gasteiger partial charge in [-0.3, -0.25) is 14.6 Å². The molecular weight excluding hydrogens is 601 g/mol. The van der Waals surface area contributed by atoms with Gasteiger partial charge in [-0.25, -0.2) is 13.8 Å². The van der Waals surface area contributed by atoms with E-state index in [4.69, 9.17) is 14.2 Å². The van der Waals surface area contributed by atoms with Crippen LogP contribution in [0.3, 0.4) is 0 Å². The fraction of sp³-hybridized carbons (Fsp3) is 0.188. The van der Waals surface area contributed by atoms with E-state index in [1.54, 1.807) is 6.07 Å². The first-order valence-corrected chi connectivity index (χ1v) is 13.3. The summed E-state index contributed by atoms with van der Waals surface area (Å²) in [6, 6.07) is 11.3. The summed E-state index contributed by atoms with van der Waals surface area (Å²) in [5, 5.41) is 0. The molecule has 0 aliphatic carbocycles. The highest BCUT2D eigenvalue weighted by molar-refractivity contribution is 5.99. The maximum Gasteiger partial charge on any atom is 0.406 e. The van der Waals surface area contributed by atoms with Crippen LogP contribution in [0.4, 0.5) is 22.0 Å². The van der Waals surface area contributed by atoms with Crippen LogP contribution in [0.5, 0.6) is 23.1 Å². The molecule has 8 nitrogen and oxygen atoms in total. The summed E-state index contributed by atoms with van der Waals surface area (Å²) < 4.78 is 85.8. The van der Waals surface area contributed by atoms with Crippen molar-refractivity contribution in [1.82, 2.24) is 14.5 Å². The Balaban J connectivity index is 1.47. The first-order chi connectivity index (χ1) is 21.4. The van der Waals surface area contributed by atoms with E-state index in [-0.39, 0.29) is 45.3 Å². The summed E-state index contributed by atoms with van der Waals surface area (Å²) in [5.74, 6) is -1.85. The van der Waals surface area contributed by atoms with Crippen molar-refractivity contribution in [3.63, 3.8) is 0 Å². The third kappa shape index (κ3) is 6.61. The zero-order valence-electron chi connectivity index (χ0n) is 24.0. The van der Waals surface area contributed by atoms with Gasteiger partial charge in [0, 0.05) is 42.2 Å². The minimum absolute atomic E-state index is 0.133. The van der Waals surface area contributed by atoms with E-state index in [2.05, 4.69) is 9.97 Å². The number of carbonyl (C=O) groups is 1. The summed E-state index contributed by atoms with van der Waals surface area (Å²) in [4.78, 5) is 35.4. The second kappa shape index (κ2) is 12.3. The van der Waals surface area contributed by atoms with Crippen molar-refractivity contribution in [1.29, 1.82) is 0 Å². The van der Waals surface area contributed by atoms with E-state index in [0.717, 1.165) is 29.0 Å². The molecule has 0 N–H and O–H groups in total. The molecule has 2 aromatic carbocycles. The highest BCUT2D eigenvalue weighted by atomic mass is 19.4. The van der Waals surface area contributed by atoms with Crippen molar-refractivity contribution in [2.45, 2.75) is 26.1 Å². The van der Waals surface area contributed by atoms with Gasteiger partial charge in [0.05, 0.1) is 25.3 Å². The van der Waals surface area contributed by atoms with Crippen LogP contribution in [-0.2, 0) is 13.0 Å². The minimum atomic E-state index is -4.66. The Bertz CT molecular complexity index is 1970. The highest BCUT2D eigenvalue weighted by Gasteiger charge is 2.30. The number of aromatic nitrogens is 3. The van der Waals surface area contributed by atoms with E-state index in [0.29, 0.717) is 11.3 Å². The summed E-state index contributed by atoms with van der Waals surface area (Å²) in [5.41, 5.74) is -0.807. The molecule has 13 heteroatoms. The van der Waals surface area contributed by atoms with E-state index >= 15 is 4.39 Å². The fourth-order valence-electron chi connectivity index (χ4n) is 4.79. The first-order valence-electron chi connectivity index (χ1n) is 13.3. The lowest BCUT2D eigenvalue weighted by atomic mass is 9.97. The zero-order valence-corrected chi connectivity index (χ0v) is 24.0. The molecule has 0 atom stereocenters. The standard InChI is InChI=1S/C32H24F5N3O5/c1-17-28(30(42)21(15-40(17)16-32(35,36)37)19-5-7-20(33)8-6-19)24(41)13-18-4-9-25(22(34)12-18)45-26-10-11-38-23-14-27(43-2)31(44-3)39-29(23)26/h4-12,14-15H,13,16H2,1-3H3. The van der Waals surface area contributed by atoms with Crippen molar-refractivity contribution < 1.29 is 41.0 Å². The Morgan fingerprint density at radius 3 is 2.31 bits per heavy atom. The van der Waals surface area contributed by atoms with Crippen molar-refractivity contribution >= 4 is 16.8 Å². The van der Waals surface area contributed by atoms with Gasteiger partial charge in [0.15, 0.2) is 34.3 Å². The lowest BCUT2D eigenvalue weighted by Crippen LogP contribution is -2.28. The average Bonchev–Trinajstić information content (AvgIpc) is 2.99. The highest BCUT2D eigenvalue weighted by Crippen LogP contribution is 2.35. The molecule has 45 heavy (non-hydrogen) atoms. The molecule has 3 aromatic heterocycles. The zero-order chi connectivity index (χ0) is 32.5. The number of alkyl halides is 3. The van der Waals surface area contributed by atoms with Crippen LogP contribution in [-0.4, -0.2) is 40.7 Å². The van der Waals surface area contributed by atoms with Crippen LogP contribution in [0, 0.1) is 18.6 Å². The maximum atomic E-state index is 15.2. The maximum absolute atomic E-state index is 15.2. The van der Waals surface area contributed by atoms with Crippen LogP contribution < -0.4 is 19.6 Å². The minimum Gasteiger partial charge on any atom is -0.491 e. The number of fused-ring (bicyclic) bond motifs is 1. The van der Waals surface area contributed by atoms with Crippen molar-refractivity contribution in [2.75, 3.05) is 14.2 Å².